The molecule has 0 radical (unpaired) electrons. The van der Waals surface area contributed by atoms with E-state index >= 15 is 0 Å². The number of piperidine rings is 1. The van der Waals surface area contributed by atoms with E-state index in [1.54, 1.807) is 31.2 Å². The highest BCUT2D eigenvalue weighted by molar-refractivity contribution is 7.91. The Morgan fingerprint density at radius 3 is 2.79 bits per heavy atom. The molecule has 4 nitrogen and oxygen atoms in total. The van der Waals surface area contributed by atoms with Crippen LogP contribution in [-0.4, -0.2) is 33.4 Å². The lowest BCUT2D eigenvalue weighted by Gasteiger charge is -2.24. The van der Waals surface area contributed by atoms with Gasteiger partial charge in [-0.1, -0.05) is 25.5 Å². The van der Waals surface area contributed by atoms with E-state index in [0.29, 0.717) is 23.3 Å². The van der Waals surface area contributed by atoms with E-state index in [9.17, 15) is 8.42 Å². The van der Waals surface area contributed by atoms with Crippen LogP contribution in [0.25, 0.3) is 0 Å². The van der Waals surface area contributed by atoms with Crippen molar-refractivity contribution in [2.24, 2.45) is 0 Å². The average molecular weight is 283 g/mol. The van der Waals surface area contributed by atoms with Gasteiger partial charge in [-0.15, -0.1) is 0 Å². The van der Waals surface area contributed by atoms with Crippen LogP contribution >= 0.6 is 0 Å². The van der Waals surface area contributed by atoms with Crippen molar-refractivity contribution in [1.82, 2.24) is 5.32 Å². The van der Waals surface area contributed by atoms with Crippen LogP contribution in [0.1, 0.15) is 26.2 Å². The minimum Gasteiger partial charge on any atom is -0.491 e. The zero-order valence-electron chi connectivity index (χ0n) is 11.3. The summed E-state index contributed by atoms with van der Waals surface area (Å²) in [6.07, 6.45) is 3.50. The summed E-state index contributed by atoms with van der Waals surface area (Å²) < 4.78 is 29.7. The first-order chi connectivity index (χ1) is 9.13. The molecule has 1 aromatic carbocycles. The highest BCUT2D eigenvalue weighted by Gasteiger charge is 2.19. The van der Waals surface area contributed by atoms with E-state index in [0.717, 1.165) is 13.0 Å². The maximum Gasteiger partial charge on any atom is 0.181 e. The molecule has 19 heavy (non-hydrogen) atoms. The van der Waals surface area contributed by atoms with E-state index in [1.165, 1.54) is 12.8 Å². The zero-order valence-corrected chi connectivity index (χ0v) is 12.1. The molecule has 0 saturated carbocycles. The summed E-state index contributed by atoms with van der Waals surface area (Å²) >= 11 is 0. The van der Waals surface area contributed by atoms with Gasteiger partial charge in [-0.2, -0.15) is 0 Å². The lowest BCUT2D eigenvalue weighted by molar-refractivity contribution is 0.234. The van der Waals surface area contributed by atoms with Crippen LogP contribution < -0.4 is 10.1 Å². The molecular weight excluding hydrogens is 262 g/mol. The Morgan fingerprint density at radius 2 is 2.11 bits per heavy atom. The van der Waals surface area contributed by atoms with Gasteiger partial charge in [0.2, 0.25) is 0 Å². The SMILES string of the molecule is CCS(=O)(=O)c1ccccc1OCC1CCCCN1. The van der Waals surface area contributed by atoms with Crippen molar-refractivity contribution in [2.45, 2.75) is 37.1 Å². The van der Waals surface area contributed by atoms with Gasteiger partial charge >= 0.3 is 0 Å². The van der Waals surface area contributed by atoms with Crippen molar-refractivity contribution >= 4 is 9.84 Å². The minimum absolute atomic E-state index is 0.0923. The predicted octanol–water partition coefficient (Wildman–Crippen LogP) is 2.00. The molecule has 5 heteroatoms. The second-order valence-corrected chi connectivity index (χ2v) is 7.05. The molecule has 1 fully saturated rings. The maximum atomic E-state index is 12.0. The molecule has 1 unspecified atom stereocenters. The topological polar surface area (TPSA) is 55.4 Å². The van der Waals surface area contributed by atoms with Gasteiger partial charge in [-0.05, 0) is 31.5 Å². The van der Waals surface area contributed by atoms with Gasteiger partial charge in [-0.3, -0.25) is 0 Å². The van der Waals surface area contributed by atoms with Crippen LogP contribution in [0.3, 0.4) is 0 Å². The fourth-order valence-corrected chi connectivity index (χ4v) is 3.27. The van der Waals surface area contributed by atoms with Crippen molar-refractivity contribution in [1.29, 1.82) is 0 Å². The molecule has 1 aliphatic rings. The number of hydrogen-bond donors (Lipinski definition) is 1. The monoisotopic (exact) mass is 283 g/mol. The van der Waals surface area contributed by atoms with Gasteiger partial charge in [0.1, 0.15) is 17.3 Å². The number of benzene rings is 1. The first-order valence-electron chi connectivity index (χ1n) is 6.81. The maximum absolute atomic E-state index is 12.0. The van der Waals surface area contributed by atoms with Crippen molar-refractivity contribution in [3.05, 3.63) is 24.3 Å². The molecule has 0 aromatic heterocycles. The number of rotatable bonds is 5. The van der Waals surface area contributed by atoms with Gasteiger partial charge < -0.3 is 10.1 Å². The fourth-order valence-electron chi connectivity index (χ4n) is 2.24. The normalized spacial score (nSPS) is 20.2. The van der Waals surface area contributed by atoms with Crippen LogP contribution in [0, 0.1) is 0 Å². The van der Waals surface area contributed by atoms with E-state index in [4.69, 9.17) is 4.74 Å². The zero-order chi connectivity index (χ0) is 13.7. The molecule has 1 aromatic rings. The van der Waals surface area contributed by atoms with Crippen molar-refractivity contribution in [2.75, 3.05) is 18.9 Å². The number of para-hydroxylation sites is 1. The molecule has 106 valence electrons. The molecular formula is C14H21NO3S. The lowest BCUT2D eigenvalue weighted by atomic mass is 10.1. The highest BCUT2D eigenvalue weighted by atomic mass is 32.2. The Bertz CT molecular complexity index is 507. The smallest absolute Gasteiger partial charge is 0.181 e. The molecule has 1 saturated heterocycles. The van der Waals surface area contributed by atoms with Gasteiger partial charge in [-0.25, -0.2) is 8.42 Å². The second-order valence-electron chi connectivity index (χ2n) is 4.81. The lowest BCUT2D eigenvalue weighted by Crippen LogP contribution is -2.38. The Morgan fingerprint density at radius 1 is 1.32 bits per heavy atom. The Balaban J connectivity index is 2.07. The van der Waals surface area contributed by atoms with Crippen molar-refractivity contribution < 1.29 is 13.2 Å². The summed E-state index contributed by atoms with van der Waals surface area (Å²) in [4.78, 5) is 0.299. The molecule has 0 aliphatic carbocycles. The van der Waals surface area contributed by atoms with Gasteiger partial charge in [0, 0.05) is 6.04 Å². The van der Waals surface area contributed by atoms with Crippen molar-refractivity contribution in [3.8, 4) is 5.75 Å². The number of nitrogens with one attached hydrogen (secondary N) is 1. The summed E-state index contributed by atoms with van der Waals surface area (Å²) in [5, 5.41) is 3.39. The van der Waals surface area contributed by atoms with E-state index in [1.807, 2.05) is 0 Å². The summed E-state index contributed by atoms with van der Waals surface area (Å²) in [6, 6.07) is 7.20. The summed E-state index contributed by atoms with van der Waals surface area (Å²) in [5.74, 6) is 0.562. The fraction of sp³-hybridized carbons (Fsp3) is 0.571. The van der Waals surface area contributed by atoms with Gasteiger partial charge in [0.05, 0.1) is 5.75 Å². The second kappa shape index (κ2) is 6.39. The standard InChI is InChI=1S/C14H21NO3S/c1-2-19(16,17)14-9-4-3-8-13(14)18-11-12-7-5-6-10-15-12/h3-4,8-9,12,15H,2,5-7,10-11H2,1H3. The Labute approximate surface area is 115 Å². The summed E-state index contributed by atoms with van der Waals surface area (Å²) in [7, 11) is -3.23. The third kappa shape index (κ3) is 3.70. The minimum atomic E-state index is -3.23. The predicted molar refractivity (Wildman–Crippen MR) is 75.3 cm³/mol. The first-order valence-corrected chi connectivity index (χ1v) is 8.46. The van der Waals surface area contributed by atoms with Crippen LogP contribution in [0.15, 0.2) is 29.2 Å². The highest BCUT2D eigenvalue weighted by Crippen LogP contribution is 2.24. The average Bonchev–Trinajstić information content (AvgIpc) is 2.46. The van der Waals surface area contributed by atoms with Crippen LogP contribution in [0.2, 0.25) is 0 Å². The largest absolute Gasteiger partial charge is 0.491 e. The molecule has 0 bridgehead atoms. The Kier molecular flexibility index (Phi) is 4.82. The molecule has 1 N–H and O–H groups in total. The number of sulfone groups is 1. The van der Waals surface area contributed by atoms with Crippen LogP contribution in [0.5, 0.6) is 5.75 Å². The summed E-state index contributed by atoms with van der Waals surface area (Å²) in [6.45, 7) is 3.19. The molecule has 1 aliphatic heterocycles. The third-order valence-electron chi connectivity index (χ3n) is 3.42. The number of ether oxygens (including phenoxy) is 1. The van der Waals surface area contributed by atoms with Gasteiger partial charge in [0.15, 0.2) is 9.84 Å². The Hall–Kier alpha value is -1.07. The quantitative estimate of drug-likeness (QED) is 0.898. The van der Waals surface area contributed by atoms with Crippen molar-refractivity contribution in [3.63, 3.8) is 0 Å². The summed E-state index contributed by atoms with van der Waals surface area (Å²) in [5.41, 5.74) is 0. The van der Waals surface area contributed by atoms with E-state index in [2.05, 4.69) is 5.32 Å². The first kappa shape index (κ1) is 14.3. The van der Waals surface area contributed by atoms with Crippen LogP contribution in [0.4, 0.5) is 0 Å². The van der Waals surface area contributed by atoms with E-state index < -0.39 is 9.84 Å². The third-order valence-corrected chi connectivity index (χ3v) is 5.18. The van der Waals surface area contributed by atoms with Crippen LogP contribution in [-0.2, 0) is 9.84 Å². The molecule has 0 amide bonds. The number of hydrogen-bond acceptors (Lipinski definition) is 4. The molecule has 1 atom stereocenters. The van der Waals surface area contributed by atoms with Gasteiger partial charge in [0.25, 0.3) is 0 Å². The molecule has 1 heterocycles. The van der Waals surface area contributed by atoms with E-state index in [-0.39, 0.29) is 5.75 Å². The molecule has 0 spiro atoms. The molecule has 2 rings (SSSR count).